The van der Waals surface area contributed by atoms with Crippen molar-refractivity contribution in [2.24, 2.45) is 5.92 Å². The van der Waals surface area contributed by atoms with Gasteiger partial charge in [-0.25, -0.2) is 4.79 Å². The van der Waals surface area contributed by atoms with Gasteiger partial charge in [-0.2, -0.15) is 0 Å². The molecule has 1 aliphatic carbocycles. The van der Waals surface area contributed by atoms with Crippen LogP contribution in [0.15, 0.2) is 24.7 Å². The van der Waals surface area contributed by atoms with Crippen LogP contribution in [0.25, 0.3) is 10.9 Å². The molecule has 4 rings (SSSR count). The first kappa shape index (κ1) is 15.8. The van der Waals surface area contributed by atoms with Crippen LogP contribution in [0, 0.1) is 5.92 Å². The normalized spacial score (nSPS) is 24.4. The number of Topliss-reactive ketones (excluding diaryl/α,β-unsaturated/α-hetero) is 1. The van der Waals surface area contributed by atoms with Crippen molar-refractivity contribution in [1.82, 2.24) is 14.5 Å². The summed E-state index contributed by atoms with van der Waals surface area (Å²) in [7, 11) is 0. The van der Waals surface area contributed by atoms with Gasteiger partial charge in [-0.3, -0.25) is 14.6 Å². The Kier molecular flexibility index (Phi) is 3.59. The molecular weight excluding hydrogens is 322 g/mol. The van der Waals surface area contributed by atoms with E-state index in [2.05, 4.69) is 4.98 Å². The summed E-state index contributed by atoms with van der Waals surface area (Å²) in [6.45, 7) is 1.82. The summed E-state index contributed by atoms with van der Waals surface area (Å²) in [5.41, 5.74) is 1.29. The lowest BCUT2D eigenvalue weighted by Crippen LogP contribution is -2.44. The molecule has 2 fully saturated rings. The molecule has 1 saturated carbocycles. The van der Waals surface area contributed by atoms with Gasteiger partial charge in [0.15, 0.2) is 5.78 Å². The Morgan fingerprint density at radius 2 is 2.12 bits per heavy atom. The standard InChI is InChI=1S/C18H19N3O4/c1-2-16(22)12-8-20(15-7-19-4-3-11(12)15)9-17(23)21-13-5-10(13)6-14(21)18(24)25/h3-4,7-8,10,13-14H,2,5-6,9H2,1H3,(H,24,25)/t10-,13-,14+/m1/s1. The van der Waals surface area contributed by atoms with E-state index in [9.17, 15) is 19.5 Å². The first-order chi connectivity index (χ1) is 12.0. The van der Waals surface area contributed by atoms with E-state index in [0.717, 1.165) is 11.8 Å². The van der Waals surface area contributed by atoms with E-state index in [1.54, 1.807) is 36.1 Å². The summed E-state index contributed by atoms with van der Waals surface area (Å²) in [5, 5.41) is 10.1. The monoisotopic (exact) mass is 341 g/mol. The number of aromatic nitrogens is 2. The molecule has 3 atom stereocenters. The molecule has 0 bridgehead atoms. The summed E-state index contributed by atoms with van der Waals surface area (Å²) in [4.78, 5) is 42.0. The van der Waals surface area contributed by atoms with Gasteiger partial charge in [0.1, 0.15) is 12.6 Å². The van der Waals surface area contributed by atoms with Crippen molar-refractivity contribution in [2.45, 2.75) is 44.8 Å². The molecule has 1 amide bonds. The number of rotatable bonds is 5. The molecule has 0 radical (unpaired) electrons. The van der Waals surface area contributed by atoms with Crippen LogP contribution < -0.4 is 0 Å². The summed E-state index contributed by atoms with van der Waals surface area (Å²) >= 11 is 0. The molecule has 2 aromatic heterocycles. The molecular formula is C18H19N3O4. The highest BCUT2D eigenvalue weighted by molar-refractivity contribution is 6.08. The number of likely N-dealkylation sites (tertiary alicyclic amines) is 1. The average molecular weight is 341 g/mol. The first-order valence-corrected chi connectivity index (χ1v) is 8.51. The van der Waals surface area contributed by atoms with Crippen LogP contribution in [0.2, 0.25) is 0 Å². The molecule has 2 aromatic rings. The number of carbonyl (C=O) groups is 3. The summed E-state index contributed by atoms with van der Waals surface area (Å²) in [6, 6.07) is 1.10. The molecule has 3 heterocycles. The van der Waals surface area contributed by atoms with E-state index in [1.807, 2.05) is 0 Å². The average Bonchev–Trinajstić information content (AvgIpc) is 3.11. The van der Waals surface area contributed by atoms with Crippen molar-refractivity contribution >= 4 is 28.6 Å². The molecule has 130 valence electrons. The Morgan fingerprint density at radius 3 is 2.84 bits per heavy atom. The maximum absolute atomic E-state index is 12.8. The highest BCUT2D eigenvalue weighted by atomic mass is 16.4. The minimum atomic E-state index is -0.943. The Morgan fingerprint density at radius 1 is 1.32 bits per heavy atom. The summed E-state index contributed by atoms with van der Waals surface area (Å²) in [6.07, 6.45) is 6.76. The summed E-state index contributed by atoms with van der Waals surface area (Å²) < 4.78 is 1.71. The SMILES string of the molecule is CCC(=O)c1cn(CC(=O)N2[C@@H]3C[C@@H]3C[C@H]2C(=O)O)c2cnccc12. The summed E-state index contributed by atoms with van der Waals surface area (Å²) in [5.74, 6) is -0.824. The van der Waals surface area contributed by atoms with Crippen molar-refractivity contribution in [3.05, 3.63) is 30.2 Å². The number of aliphatic carboxylic acids is 1. The van der Waals surface area contributed by atoms with Gasteiger partial charge >= 0.3 is 5.97 Å². The van der Waals surface area contributed by atoms with Crippen LogP contribution in [0.1, 0.15) is 36.5 Å². The van der Waals surface area contributed by atoms with E-state index >= 15 is 0 Å². The van der Waals surface area contributed by atoms with Gasteiger partial charge in [0, 0.05) is 35.8 Å². The van der Waals surface area contributed by atoms with Gasteiger partial charge in [0.2, 0.25) is 5.91 Å². The molecule has 7 heteroatoms. The van der Waals surface area contributed by atoms with Crippen LogP contribution in [-0.4, -0.2) is 49.3 Å². The number of carboxylic acid groups (broad SMARTS) is 1. The largest absolute Gasteiger partial charge is 0.480 e. The van der Waals surface area contributed by atoms with Gasteiger partial charge < -0.3 is 14.6 Å². The van der Waals surface area contributed by atoms with Crippen molar-refractivity contribution in [3.8, 4) is 0 Å². The maximum Gasteiger partial charge on any atom is 0.326 e. The fourth-order valence-corrected chi connectivity index (χ4v) is 3.94. The third kappa shape index (κ3) is 2.50. The van der Waals surface area contributed by atoms with Crippen LogP contribution in [0.5, 0.6) is 0 Å². The first-order valence-electron chi connectivity index (χ1n) is 8.51. The van der Waals surface area contributed by atoms with E-state index in [1.165, 1.54) is 4.90 Å². The van der Waals surface area contributed by atoms with Gasteiger partial charge in [-0.15, -0.1) is 0 Å². The minimum Gasteiger partial charge on any atom is -0.480 e. The van der Waals surface area contributed by atoms with E-state index in [-0.39, 0.29) is 24.3 Å². The highest BCUT2D eigenvalue weighted by Gasteiger charge is 2.56. The molecule has 1 aliphatic heterocycles. The number of pyridine rings is 1. The fourth-order valence-electron chi connectivity index (χ4n) is 3.94. The molecule has 25 heavy (non-hydrogen) atoms. The van der Waals surface area contributed by atoms with Crippen molar-refractivity contribution < 1.29 is 19.5 Å². The number of carbonyl (C=O) groups excluding carboxylic acids is 2. The maximum atomic E-state index is 12.8. The Hall–Kier alpha value is -2.70. The fraction of sp³-hybridized carbons (Fsp3) is 0.444. The predicted octanol–water partition coefficient (Wildman–Crippen LogP) is 1.70. The third-order valence-corrected chi connectivity index (χ3v) is 5.29. The quantitative estimate of drug-likeness (QED) is 0.836. The van der Waals surface area contributed by atoms with Gasteiger partial charge in [-0.05, 0) is 24.8 Å². The number of nitrogens with zero attached hydrogens (tertiary/aromatic N) is 3. The highest BCUT2D eigenvalue weighted by Crippen LogP contribution is 2.48. The van der Waals surface area contributed by atoms with Crippen molar-refractivity contribution in [3.63, 3.8) is 0 Å². The molecule has 1 N–H and O–H groups in total. The molecule has 0 spiro atoms. The van der Waals surface area contributed by atoms with Gasteiger partial charge in [0.25, 0.3) is 0 Å². The zero-order chi connectivity index (χ0) is 17.7. The predicted molar refractivity (Wildman–Crippen MR) is 89.1 cm³/mol. The van der Waals surface area contributed by atoms with Crippen LogP contribution in [0.3, 0.4) is 0 Å². The molecule has 2 aliphatic rings. The lowest BCUT2D eigenvalue weighted by molar-refractivity contribution is -0.149. The van der Waals surface area contributed by atoms with Crippen molar-refractivity contribution in [2.75, 3.05) is 0 Å². The Balaban J connectivity index is 1.66. The zero-order valence-corrected chi connectivity index (χ0v) is 13.9. The minimum absolute atomic E-state index is 0.00856. The third-order valence-electron chi connectivity index (χ3n) is 5.29. The molecule has 1 saturated heterocycles. The van der Waals surface area contributed by atoms with E-state index in [4.69, 9.17) is 0 Å². The number of piperidine rings is 1. The smallest absolute Gasteiger partial charge is 0.326 e. The number of fused-ring (bicyclic) bond motifs is 2. The van der Waals surface area contributed by atoms with Gasteiger partial charge in [-0.1, -0.05) is 6.92 Å². The van der Waals surface area contributed by atoms with Crippen molar-refractivity contribution in [1.29, 1.82) is 0 Å². The Bertz CT molecular complexity index is 888. The van der Waals surface area contributed by atoms with Crippen LogP contribution in [0.4, 0.5) is 0 Å². The molecule has 0 aromatic carbocycles. The zero-order valence-electron chi connectivity index (χ0n) is 13.9. The second-order valence-electron chi connectivity index (χ2n) is 6.79. The van der Waals surface area contributed by atoms with Crippen LogP contribution >= 0.6 is 0 Å². The lowest BCUT2D eigenvalue weighted by atomic mass is 10.1. The number of hydrogen-bond acceptors (Lipinski definition) is 4. The second-order valence-corrected chi connectivity index (χ2v) is 6.79. The number of hydrogen-bond donors (Lipinski definition) is 1. The van der Waals surface area contributed by atoms with E-state index < -0.39 is 12.0 Å². The number of ketones is 1. The molecule has 7 nitrogen and oxygen atoms in total. The molecule has 0 unspecified atom stereocenters. The van der Waals surface area contributed by atoms with E-state index in [0.29, 0.717) is 29.8 Å². The topological polar surface area (TPSA) is 92.5 Å². The number of carboxylic acids is 1. The second kappa shape index (κ2) is 5.68. The number of amides is 1. The Labute approximate surface area is 144 Å². The van der Waals surface area contributed by atoms with Gasteiger partial charge in [0.05, 0.1) is 11.7 Å². The lowest BCUT2D eigenvalue weighted by Gasteiger charge is -2.24. The van der Waals surface area contributed by atoms with Crippen LogP contribution in [-0.2, 0) is 16.1 Å².